The van der Waals surface area contributed by atoms with Crippen molar-refractivity contribution in [2.75, 3.05) is 63.2 Å². The molecule has 5 atom stereocenters. The van der Waals surface area contributed by atoms with E-state index in [1.807, 2.05) is 0 Å². The van der Waals surface area contributed by atoms with Gasteiger partial charge in [0, 0.05) is 68.2 Å². The summed E-state index contributed by atoms with van der Waals surface area (Å²) in [6, 6.07) is 10.4. The quantitative estimate of drug-likeness (QED) is 0.612. The monoisotopic (exact) mass is 502 g/mol. The van der Waals surface area contributed by atoms with E-state index in [2.05, 4.69) is 92.6 Å². The highest BCUT2D eigenvalue weighted by atomic mass is 15.3. The summed E-state index contributed by atoms with van der Waals surface area (Å²) in [5, 5.41) is 0. The van der Waals surface area contributed by atoms with Crippen LogP contribution in [0, 0.1) is 31.6 Å². The Morgan fingerprint density at radius 1 is 0.811 bits per heavy atom. The van der Waals surface area contributed by atoms with Gasteiger partial charge in [-0.05, 0) is 93.9 Å². The average molecular weight is 503 g/mol. The minimum Gasteiger partial charge on any atom is -0.352 e. The third-order valence-electron chi connectivity index (χ3n) is 10.1. The van der Waals surface area contributed by atoms with Crippen LogP contribution in [0.4, 0.5) is 11.6 Å². The van der Waals surface area contributed by atoms with E-state index < -0.39 is 0 Å². The summed E-state index contributed by atoms with van der Waals surface area (Å²) in [4.78, 5) is 20.8. The van der Waals surface area contributed by atoms with E-state index in [9.17, 15) is 0 Å². The third-order valence-corrected chi connectivity index (χ3v) is 10.1. The van der Waals surface area contributed by atoms with Crippen LogP contribution in [-0.4, -0.2) is 85.2 Å². The number of nitrogens with zero attached hydrogens (tertiary/aromatic N) is 6. The van der Waals surface area contributed by atoms with Gasteiger partial charge in [0.2, 0.25) is 0 Å². The lowest BCUT2D eigenvalue weighted by molar-refractivity contribution is 0.245. The lowest BCUT2D eigenvalue weighted by Crippen LogP contribution is -2.39. The largest absolute Gasteiger partial charge is 0.352 e. The molecule has 2 aromatic heterocycles. The van der Waals surface area contributed by atoms with Crippen LogP contribution >= 0.6 is 0 Å². The zero-order valence-electron chi connectivity index (χ0n) is 24.0. The Labute approximate surface area is 224 Å². The van der Waals surface area contributed by atoms with Gasteiger partial charge >= 0.3 is 0 Å². The van der Waals surface area contributed by atoms with Crippen molar-refractivity contribution in [1.29, 1.82) is 0 Å². The van der Waals surface area contributed by atoms with E-state index in [0.717, 1.165) is 45.1 Å². The van der Waals surface area contributed by atoms with Gasteiger partial charge in [-0.1, -0.05) is 20.8 Å². The number of fused-ring (bicyclic) bond motifs is 2. The zero-order chi connectivity index (χ0) is 26.1. The molecule has 6 heteroatoms. The first-order chi connectivity index (χ1) is 17.6. The fraction of sp³-hybridized carbons (Fsp3) is 0.677. The van der Waals surface area contributed by atoms with Gasteiger partial charge in [0.15, 0.2) is 0 Å². The fourth-order valence-corrected chi connectivity index (χ4v) is 8.07. The number of hydrogen-bond acceptors (Lipinski definition) is 6. The number of anilines is 2. The van der Waals surface area contributed by atoms with Crippen molar-refractivity contribution >= 4 is 11.6 Å². The summed E-state index contributed by atoms with van der Waals surface area (Å²) in [5.41, 5.74) is 5.10. The first-order valence-corrected chi connectivity index (χ1v) is 14.5. The summed E-state index contributed by atoms with van der Waals surface area (Å²) in [5.74, 6) is 4.32. The fourth-order valence-electron chi connectivity index (χ4n) is 8.07. The summed E-state index contributed by atoms with van der Waals surface area (Å²) < 4.78 is 0. The van der Waals surface area contributed by atoms with Crippen LogP contribution in [0.15, 0.2) is 24.3 Å². The molecule has 4 saturated heterocycles. The molecule has 0 saturated carbocycles. The van der Waals surface area contributed by atoms with Crippen LogP contribution in [0.25, 0.3) is 0 Å². The predicted octanol–water partition coefficient (Wildman–Crippen LogP) is 4.14. The standard InChI is InChI=1S/C31H46N6/c1-8-23-11-20(2)13-29(32-23)37-17-25(24-16-35(7)19-27(24)37)31(4,5)28-12-21(3)14-30(33-28)36-10-9-22-15-34(6)18-26(22)36/h11-14,22,24-27H,8-10,15-19H2,1-7H3/t22-,24-,25?,26+,27-/m1/s1. The molecule has 6 nitrogen and oxygen atoms in total. The van der Waals surface area contributed by atoms with Gasteiger partial charge < -0.3 is 19.6 Å². The molecule has 0 N–H and O–H groups in total. The molecule has 0 amide bonds. The van der Waals surface area contributed by atoms with E-state index in [-0.39, 0.29) is 5.41 Å². The molecule has 0 aromatic carbocycles. The number of likely N-dealkylation sites (N-methyl/N-ethyl adjacent to an activating group) is 2. The molecular weight excluding hydrogens is 456 g/mol. The Kier molecular flexibility index (Phi) is 6.27. The van der Waals surface area contributed by atoms with E-state index in [0.29, 0.717) is 23.9 Å². The van der Waals surface area contributed by atoms with Gasteiger partial charge in [-0.3, -0.25) is 0 Å². The Balaban J connectivity index is 1.33. The lowest BCUT2D eigenvalue weighted by Gasteiger charge is -2.36. The molecule has 2 aromatic rings. The molecule has 0 bridgehead atoms. The van der Waals surface area contributed by atoms with Gasteiger partial charge in [0.25, 0.3) is 0 Å². The molecule has 0 radical (unpaired) electrons. The van der Waals surface area contributed by atoms with Crippen molar-refractivity contribution in [2.24, 2.45) is 17.8 Å². The van der Waals surface area contributed by atoms with Gasteiger partial charge in [-0.2, -0.15) is 0 Å². The van der Waals surface area contributed by atoms with E-state index in [1.54, 1.807) is 0 Å². The molecule has 6 heterocycles. The van der Waals surface area contributed by atoms with Gasteiger partial charge in [0.05, 0.1) is 0 Å². The maximum Gasteiger partial charge on any atom is 0.129 e. The normalized spacial score (nSPS) is 30.4. The number of rotatable bonds is 5. The summed E-state index contributed by atoms with van der Waals surface area (Å²) in [6.45, 7) is 18.5. The molecule has 4 aliphatic heterocycles. The Bertz CT molecular complexity index is 1160. The van der Waals surface area contributed by atoms with Crippen molar-refractivity contribution in [1.82, 2.24) is 19.8 Å². The Hall–Kier alpha value is -2.18. The summed E-state index contributed by atoms with van der Waals surface area (Å²) >= 11 is 0. The number of aromatic nitrogens is 2. The van der Waals surface area contributed by atoms with E-state index in [4.69, 9.17) is 9.97 Å². The molecule has 0 spiro atoms. The summed E-state index contributed by atoms with van der Waals surface area (Å²) in [6.07, 6.45) is 2.27. The molecule has 0 aliphatic carbocycles. The van der Waals surface area contributed by atoms with Crippen molar-refractivity contribution in [3.05, 3.63) is 46.8 Å². The highest BCUT2D eigenvalue weighted by Gasteiger charge is 2.53. The minimum absolute atomic E-state index is 0.0212. The highest BCUT2D eigenvalue weighted by molar-refractivity contribution is 5.49. The SMILES string of the molecule is CCc1cc(C)cc(N2CC(C(C)(C)c3cc(C)cc(N4CC[C@@H]5CN(C)C[C@@H]54)n3)[C@H]3CN(C)C[C@H]32)n1. The zero-order valence-corrected chi connectivity index (χ0v) is 24.0. The Morgan fingerprint density at radius 2 is 1.49 bits per heavy atom. The number of hydrogen-bond donors (Lipinski definition) is 0. The second kappa shape index (κ2) is 9.23. The van der Waals surface area contributed by atoms with Crippen molar-refractivity contribution in [3.8, 4) is 0 Å². The van der Waals surface area contributed by atoms with Gasteiger partial charge in [0.1, 0.15) is 11.6 Å². The first kappa shape index (κ1) is 25.1. The third kappa shape index (κ3) is 4.34. The molecule has 4 fully saturated rings. The Morgan fingerprint density at radius 3 is 2.24 bits per heavy atom. The van der Waals surface area contributed by atoms with Gasteiger partial charge in [-0.25, -0.2) is 9.97 Å². The van der Waals surface area contributed by atoms with Crippen LogP contribution < -0.4 is 9.80 Å². The highest BCUT2D eigenvalue weighted by Crippen LogP contribution is 2.47. The molecule has 37 heavy (non-hydrogen) atoms. The number of aryl methyl sites for hydroxylation is 3. The van der Waals surface area contributed by atoms with E-state index in [1.165, 1.54) is 47.1 Å². The average Bonchev–Trinajstić information content (AvgIpc) is 3.58. The first-order valence-electron chi connectivity index (χ1n) is 14.5. The summed E-state index contributed by atoms with van der Waals surface area (Å²) in [7, 11) is 4.55. The van der Waals surface area contributed by atoms with E-state index >= 15 is 0 Å². The second-order valence-electron chi connectivity index (χ2n) is 13.2. The van der Waals surface area contributed by atoms with Crippen molar-refractivity contribution in [3.63, 3.8) is 0 Å². The van der Waals surface area contributed by atoms with Crippen molar-refractivity contribution in [2.45, 2.75) is 65.0 Å². The molecule has 6 rings (SSSR count). The van der Waals surface area contributed by atoms with Crippen molar-refractivity contribution < 1.29 is 0 Å². The number of likely N-dealkylation sites (tertiary alicyclic amines) is 2. The van der Waals surface area contributed by atoms with Crippen LogP contribution in [0.1, 0.15) is 49.7 Å². The maximum atomic E-state index is 5.45. The maximum absolute atomic E-state index is 5.45. The lowest BCUT2D eigenvalue weighted by atomic mass is 9.70. The van der Waals surface area contributed by atoms with Gasteiger partial charge in [-0.15, -0.1) is 0 Å². The van der Waals surface area contributed by atoms with Crippen LogP contribution in [0.2, 0.25) is 0 Å². The predicted molar refractivity (Wildman–Crippen MR) is 153 cm³/mol. The van der Waals surface area contributed by atoms with Crippen LogP contribution in [0.3, 0.4) is 0 Å². The molecule has 200 valence electrons. The smallest absolute Gasteiger partial charge is 0.129 e. The van der Waals surface area contributed by atoms with Crippen LogP contribution in [-0.2, 0) is 11.8 Å². The second-order valence-corrected chi connectivity index (χ2v) is 13.2. The topological polar surface area (TPSA) is 38.7 Å². The molecule has 1 unspecified atom stereocenters. The minimum atomic E-state index is -0.0212. The molecule has 4 aliphatic rings. The van der Waals surface area contributed by atoms with Crippen LogP contribution in [0.5, 0.6) is 0 Å². The molecular formula is C31H46N6. The number of pyridine rings is 2.